The zero-order valence-electron chi connectivity index (χ0n) is 13.8. The Balaban J connectivity index is 1.44. The van der Waals surface area contributed by atoms with E-state index in [2.05, 4.69) is 0 Å². The van der Waals surface area contributed by atoms with Gasteiger partial charge >= 0.3 is 5.97 Å². The lowest BCUT2D eigenvalue weighted by molar-refractivity contribution is -0.151. The summed E-state index contributed by atoms with van der Waals surface area (Å²) in [5.74, 6) is -2.22. The number of carbonyl (C=O) groups is 2. The fraction of sp³-hybridized carbons (Fsp3) is 0.474. The number of hydrogen-bond donors (Lipinski definition) is 1. The molecule has 1 heterocycles. The van der Waals surface area contributed by atoms with Gasteiger partial charge in [-0.1, -0.05) is 24.3 Å². The van der Waals surface area contributed by atoms with Crippen LogP contribution in [0.5, 0.6) is 0 Å². The zero-order chi connectivity index (χ0) is 17.6. The van der Waals surface area contributed by atoms with Gasteiger partial charge in [-0.25, -0.2) is 4.39 Å². The van der Waals surface area contributed by atoms with E-state index in [0.29, 0.717) is 31.9 Å². The van der Waals surface area contributed by atoms with Crippen LogP contribution in [0.15, 0.2) is 36.4 Å². The summed E-state index contributed by atoms with van der Waals surface area (Å²) in [6, 6.07) is 6.64. The van der Waals surface area contributed by atoms with Crippen molar-refractivity contribution >= 4 is 17.6 Å². The molecular weight excluding hydrogens is 323 g/mol. The number of hydrogen-bond acceptors (Lipinski definition) is 3. The Morgan fingerprint density at radius 3 is 2.28 bits per heavy atom. The third kappa shape index (κ3) is 2.69. The molecule has 1 aromatic carbocycles. The summed E-state index contributed by atoms with van der Waals surface area (Å²) in [6.45, 7) is 2.11. The van der Waals surface area contributed by atoms with Crippen LogP contribution < -0.4 is 4.90 Å². The molecule has 1 N–H and O–H groups in total. The Kier molecular flexibility index (Phi) is 3.98. The Morgan fingerprint density at radius 2 is 1.64 bits per heavy atom. The van der Waals surface area contributed by atoms with E-state index >= 15 is 0 Å². The molecule has 1 amide bonds. The van der Waals surface area contributed by atoms with Gasteiger partial charge < -0.3 is 14.9 Å². The fourth-order valence-corrected chi connectivity index (χ4v) is 4.58. The molecule has 1 aliphatic heterocycles. The van der Waals surface area contributed by atoms with E-state index in [1.807, 2.05) is 17.1 Å². The number of amides is 1. The van der Waals surface area contributed by atoms with Crippen LogP contribution in [0.25, 0.3) is 0 Å². The summed E-state index contributed by atoms with van der Waals surface area (Å²) < 4.78 is 13.9. The number of aliphatic carboxylic acids is 1. The number of piperazine rings is 1. The third-order valence-electron chi connectivity index (χ3n) is 5.81. The van der Waals surface area contributed by atoms with E-state index in [0.717, 1.165) is 6.42 Å². The van der Waals surface area contributed by atoms with E-state index in [9.17, 15) is 19.1 Å². The van der Waals surface area contributed by atoms with Crippen LogP contribution >= 0.6 is 0 Å². The molecule has 2 fully saturated rings. The lowest BCUT2D eigenvalue weighted by atomic mass is 9.82. The molecule has 6 heteroatoms. The van der Waals surface area contributed by atoms with Gasteiger partial charge in [0.05, 0.1) is 17.5 Å². The van der Waals surface area contributed by atoms with Gasteiger partial charge in [0.1, 0.15) is 5.82 Å². The summed E-state index contributed by atoms with van der Waals surface area (Å²) >= 11 is 0. The molecule has 0 aromatic heterocycles. The summed E-state index contributed by atoms with van der Waals surface area (Å²) in [6.07, 6.45) is 4.72. The van der Waals surface area contributed by atoms with Crippen molar-refractivity contribution in [2.45, 2.75) is 6.42 Å². The molecule has 5 nitrogen and oxygen atoms in total. The molecule has 0 spiro atoms. The van der Waals surface area contributed by atoms with E-state index < -0.39 is 17.8 Å². The zero-order valence-corrected chi connectivity index (χ0v) is 13.8. The van der Waals surface area contributed by atoms with Crippen LogP contribution in [0.3, 0.4) is 0 Å². The second-order valence-corrected chi connectivity index (χ2v) is 7.10. The molecule has 1 aromatic rings. The van der Waals surface area contributed by atoms with Crippen LogP contribution in [-0.4, -0.2) is 48.1 Å². The minimum Gasteiger partial charge on any atom is -0.481 e. The molecule has 2 bridgehead atoms. The molecular formula is C19H21FN2O3. The van der Waals surface area contributed by atoms with Crippen molar-refractivity contribution in [1.82, 2.24) is 4.90 Å². The predicted molar refractivity (Wildman–Crippen MR) is 90.5 cm³/mol. The SMILES string of the molecule is O=C(O)[C@@H]1[C@H](C(=O)N2CCN(c3ccccc3F)CC2)[C@@H]2C=C[C@H]1C2. The van der Waals surface area contributed by atoms with Crippen molar-refractivity contribution in [2.75, 3.05) is 31.1 Å². The maximum absolute atomic E-state index is 13.9. The highest BCUT2D eigenvalue weighted by molar-refractivity contribution is 5.87. The molecule has 0 radical (unpaired) electrons. The van der Waals surface area contributed by atoms with Crippen LogP contribution in [0, 0.1) is 29.5 Å². The Morgan fingerprint density at radius 1 is 1.00 bits per heavy atom. The number of carboxylic acids is 1. The number of carboxylic acid groups (broad SMARTS) is 1. The number of anilines is 1. The van der Waals surface area contributed by atoms with Gasteiger partial charge in [0.25, 0.3) is 0 Å². The summed E-state index contributed by atoms with van der Waals surface area (Å²) in [4.78, 5) is 28.3. The van der Waals surface area contributed by atoms with Gasteiger partial charge in [-0.15, -0.1) is 0 Å². The van der Waals surface area contributed by atoms with Crippen LogP contribution in [0.2, 0.25) is 0 Å². The monoisotopic (exact) mass is 344 g/mol. The average molecular weight is 344 g/mol. The summed E-state index contributed by atoms with van der Waals surface area (Å²) in [5.41, 5.74) is 0.556. The molecule has 1 saturated heterocycles. The van der Waals surface area contributed by atoms with Gasteiger partial charge in [0.2, 0.25) is 5.91 Å². The molecule has 2 aliphatic carbocycles. The van der Waals surface area contributed by atoms with E-state index in [4.69, 9.17) is 0 Å². The lowest BCUT2D eigenvalue weighted by Crippen LogP contribution is -2.52. The Bertz CT molecular complexity index is 727. The standard InChI is InChI=1S/C19H21FN2O3/c20-14-3-1-2-4-15(14)21-7-9-22(10-8-21)18(23)16-12-5-6-13(11-12)17(16)19(24)25/h1-6,12-13,16-17H,7-11H2,(H,24,25)/t12-,13+,16-,17+/m1/s1. The first-order valence-electron chi connectivity index (χ1n) is 8.75. The van der Waals surface area contributed by atoms with Gasteiger partial charge in [-0.2, -0.15) is 0 Å². The molecule has 4 atom stereocenters. The maximum atomic E-state index is 13.9. The van der Waals surface area contributed by atoms with Crippen molar-refractivity contribution in [1.29, 1.82) is 0 Å². The van der Waals surface area contributed by atoms with Gasteiger partial charge in [0, 0.05) is 26.2 Å². The number of carbonyl (C=O) groups excluding carboxylic acids is 1. The molecule has 4 rings (SSSR count). The number of para-hydroxylation sites is 1. The van der Waals surface area contributed by atoms with E-state index in [1.54, 1.807) is 23.1 Å². The van der Waals surface area contributed by atoms with Crippen molar-refractivity contribution < 1.29 is 19.1 Å². The predicted octanol–water partition coefficient (Wildman–Crippen LogP) is 2.00. The second kappa shape index (κ2) is 6.17. The highest BCUT2D eigenvalue weighted by atomic mass is 19.1. The summed E-state index contributed by atoms with van der Waals surface area (Å²) in [5, 5.41) is 9.52. The second-order valence-electron chi connectivity index (χ2n) is 7.10. The minimum atomic E-state index is -0.875. The quantitative estimate of drug-likeness (QED) is 0.852. The van der Waals surface area contributed by atoms with Crippen LogP contribution in [-0.2, 0) is 9.59 Å². The summed E-state index contributed by atoms with van der Waals surface area (Å²) in [7, 11) is 0. The topological polar surface area (TPSA) is 60.9 Å². The first-order chi connectivity index (χ1) is 12.1. The van der Waals surface area contributed by atoms with Gasteiger partial charge in [-0.05, 0) is 30.4 Å². The normalized spacial score (nSPS) is 30.8. The smallest absolute Gasteiger partial charge is 0.307 e. The Labute approximate surface area is 145 Å². The first kappa shape index (κ1) is 16.1. The van der Waals surface area contributed by atoms with Crippen molar-refractivity contribution in [3.8, 4) is 0 Å². The van der Waals surface area contributed by atoms with E-state index in [1.165, 1.54) is 6.07 Å². The van der Waals surface area contributed by atoms with Crippen LogP contribution in [0.1, 0.15) is 6.42 Å². The molecule has 3 aliphatic rings. The number of rotatable bonds is 3. The molecule has 0 unspecified atom stereocenters. The van der Waals surface area contributed by atoms with Crippen molar-refractivity contribution in [3.05, 3.63) is 42.2 Å². The van der Waals surface area contributed by atoms with Gasteiger partial charge in [-0.3, -0.25) is 9.59 Å². The Hall–Kier alpha value is -2.37. The average Bonchev–Trinajstić information content (AvgIpc) is 3.23. The van der Waals surface area contributed by atoms with Crippen molar-refractivity contribution in [3.63, 3.8) is 0 Å². The molecule has 132 valence electrons. The number of benzene rings is 1. The third-order valence-corrected chi connectivity index (χ3v) is 5.81. The highest BCUT2D eigenvalue weighted by Crippen LogP contribution is 2.48. The minimum absolute atomic E-state index is 0.0175. The van der Waals surface area contributed by atoms with E-state index in [-0.39, 0.29) is 23.6 Å². The maximum Gasteiger partial charge on any atom is 0.307 e. The highest BCUT2D eigenvalue weighted by Gasteiger charge is 2.52. The van der Waals surface area contributed by atoms with Crippen LogP contribution in [0.4, 0.5) is 10.1 Å². The first-order valence-corrected chi connectivity index (χ1v) is 8.75. The number of halogens is 1. The molecule has 1 saturated carbocycles. The fourth-order valence-electron chi connectivity index (χ4n) is 4.58. The van der Waals surface area contributed by atoms with Gasteiger partial charge in [0.15, 0.2) is 0 Å². The molecule has 25 heavy (non-hydrogen) atoms. The van der Waals surface area contributed by atoms with Crippen molar-refractivity contribution in [2.24, 2.45) is 23.7 Å². The number of nitrogens with zero attached hydrogens (tertiary/aromatic N) is 2. The largest absolute Gasteiger partial charge is 0.481 e. The lowest BCUT2D eigenvalue weighted by Gasteiger charge is -2.38. The number of fused-ring (bicyclic) bond motifs is 2. The number of allylic oxidation sites excluding steroid dienone is 2.